The van der Waals surface area contributed by atoms with Crippen LogP contribution in [0.1, 0.15) is 63.8 Å². The fraction of sp³-hybridized carbons (Fsp3) is 0.344. The van der Waals surface area contributed by atoms with Gasteiger partial charge < -0.3 is 9.47 Å². The molecule has 9 heteroatoms. The number of hydrogen-bond acceptors (Lipinski definition) is 6. The summed E-state index contributed by atoms with van der Waals surface area (Å²) in [5.74, 6) is 0. The first-order valence-corrected chi connectivity index (χ1v) is 15.6. The Balaban J connectivity index is 1.47. The molecule has 0 aromatic heterocycles. The number of nitrogens with zero attached hydrogens (tertiary/aromatic N) is 1. The van der Waals surface area contributed by atoms with Gasteiger partial charge in [0.1, 0.15) is 5.60 Å². The van der Waals surface area contributed by atoms with Crippen LogP contribution in [0.2, 0.25) is 0 Å². The summed E-state index contributed by atoms with van der Waals surface area (Å²) >= 11 is 3.30. The molecule has 0 spiro atoms. The van der Waals surface area contributed by atoms with E-state index in [2.05, 4.69) is 15.9 Å². The first-order chi connectivity index (χ1) is 19.2. The van der Waals surface area contributed by atoms with Gasteiger partial charge in [-0.3, -0.25) is 9.08 Å². The van der Waals surface area contributed by atoms with Crippen molar-refractivity contribution in [2.45, 2.75) is 63.7 Å². The quantitative estimate of drug-likeness (QED) is 0.155. The second-order valence-corrected chi connectivity index (χ2v) is 13.2. The molecule has 3 aromatic rings. The molecule has 0 aliphatic carbocycles. The molecular formula is C32H38BrNO6S. The minimum Gasteiger partial charge on any atom is -0.443 e. The van der Waals surface area contributed by atoms with Crippen molar-refractivity contribution in [3.8, 4) is 0 Å². The molecule has 0 fully saturated rings. The maximum Gasteiger partial charge on any atom is 0.414 e. The van der Waals surface area contributed by atoms with Crippen molar-refractivity contribution < 1.29 is 26.9 Å². The fourth-order valence-corrected chi connectivity index (χ4v) is 5.12. The molecule has 2 atom stereocenters. The van der Waals surface area contributed by atoms with Gasteiger partial charge >= 0.3 is 6.09 Å². The molecule has 0 heterocycles. The van der Waals surface area contributed by atoms with E-state index in [0.29, 0.717) is 13.0 Å². The Morgan fingerprint density at radius 2 is 1.44 bits per heavy atom. The number of carbonyl (C=O) groups is 1. The fourth-order valence-electron chi connectivity index (χ4n) is 3.74. The van der Waals surface area contributed by atoms with E-state index in [1.807, 2.05) is 88.4 Å². The summed E-state index contributed by atoms with van der Waals surface area (Å²) in [6.45, 7) is 9.57. The molecule has 0 aliphatic rings. The number of benzene rings is 3. The lowest BCUT2D eigenvalue weighted by Crippen LogP contribution is -2.34. The zero-order valence-corrected chi connectivity index (χ0v) is 26.7. The summed E-state index contributed by atoms with van der Waals surface area (Å²) in [5.41, 5.74) is 3.27. The smallest absolute Gasteiger partial charge is 0.414 e. The Morgan fingerprint density at radius 1 is 0.902 bits per heavy atom. The van der Waals surface area contributed by atoms with E-state index in [0.717, 1.165) is 26.9 Å². The van der Waals surface area contributed by atoms with Crippen LogP contribution in [0, 0.1) is 0 Å². The van der Waals surface area contributed by atoms with Crippen LogP contribution in [-0.2, 0) is 23.8 Å². The number of halogens is 1. The molecule has 220 valence electrons. The Morgan fingerprint density at radius 3 is 1.98 bits per heavy atom. The van der Waals surface area contributed by atoms with Gasteiger partial charge in [0.05, 0.1) is 17.1 Å². The number of amides is 1. The van der Waals surface area contributed by atoms with Gasteiger partial charge in [0.15, 0.2) is 0 Å². The summed E-state index contributed by atoms with van der Waals surface area (Å²) < 4.78 is 42.4. The van der Waals surface area contributed by atoms with Crippen LogP contribution < -0.4 is 4.90 Å². The third kappa shape index (κ3) is 10.4. The lowest BCUT2D eigenvalue weighted by Gasteiger charge is -2.24. The van der Waals surface area contributed by atoms with Crippen LogP contribution in [-0.4, -0.2) is 39.9 Å². The Hall–Kier alpha value is -2.98. The molecule has 41 heavy (non-hydrogen) atoms. The van der Waals surface area contributed by atoms with E-state index in [1.54, 1.807) is 26.1 Å². The van der Waals surface area contributed by atoms with Gasteiger partial charge in [0.25, 0.3) is 10.1 Å². The third-order valence-electron chi connectivity index (χ3n) is 6.11. The van der Waals surface area contributed by atoms with Crippen molar-refractivity contribution in [1.82, 2.24) is 0 Å². The average molecular weight is 645 g/mol. The standard InChI is InChI=1S/C32H38BrNO6S/c1-23(40-41(36,37)30-19-15-28(33)16-20-30)21-22-38-24(2)27-13-9-25(10-14-27)7-8-26-11-17-29(18-12-26)34(6)31(35)39-32(3,4)5/h7-20,23-24H,21-22H2,1-6H3. The van der Waals surface area contributed by atoms with Gasteiger partial charge in [0.2, 0.25) is 0 Å². The second-order valence-electron chi connectivity index (χ2n) is 10.7. The van der Waals surface area contributed by atoms with Gasteiger partial charge in [-0.05, 0) is 94.1 Å². The molecule has 1 amide bonds. The second kappa shape index (κ2) is 14.3. The number of rotatable bonds is 11. The first-order valence-electron chi connectivity index (χ1n) is 13.4. The number of carbonyl (C=O) groups excluding carboxylic acids is 1. The van der Waals surface area contributed by atoms with Crippen LogP contribution in [0.4, 0.5) is 10.5 Å². The summed E-state index contributed by atoms with van der Waals surface area (Å²) in [5, 5.41) is 0. The topological polar surface area (TPSA) is 82.1 Å². The van der Waals surface area contributed by atoms with Crippen molar-refractivity contribution in [2.75, 3.05) is 18.6 Å². The SMILES string of the molecule is CC(CCOC(C)c1ccc(C=Cc2ccc(N(C)C(=O)OC(C)(C)C)cc2)cc1)OS(=O)(=O)c1ccc(Br)cc1. The minimum atomic E-state index is -3.83. The lowest BCUT2D eigenvalue weighted by molar-refractivity contribution is 0.0464. The van der Waals surface area contributed by atoms with Gasteiger partial charge in [0, 0.05) is 23.8 Å². The first kappa shape index (κ1) is 32.5. The number of ether oxygens (including phenoxy) is 2. The maximum atomic E-state index is 12.5. The van der Waals surface area contributed by atoms with Crippen LogP contribution >= 0.6 is 15.9 Å². The lowest BCUT2D eigenvalue weighted by atomic mass is 10.1. The molecule has 3 rings (SSSR count). The summed E-state index contributed by atoms with van der Waals surface area (Å²) in [4.78, 5) is 13.9. The minimum absolute atomic E-state index is 0.124. The molecule has 0 bridgehead atoms. The largest absolute Gasteiger partial charge is 0.443 e. The highest BCUT2D eigenvalue weighted by Gasteiger charge is 2.21. The number of hydrogen-bond donors (Lipinski definition) is 0. The molecule has 7 nitrogen and oxygen atoms in total. The maximum absolute atomic E-state index is 12.5. The predicted molar refractivity (Wildman–Crippen MR) is 167 cm³/mol. The number of anilines is 1. The van der Waals surface area contributed by atoms with Crippen molar-refractivity contribution in [2.24, 2.45) is 0 Å². The van der Waals surface area contributed by atoms with E-state index in [1.165, 1.54) is 17.0 Å². The van der Waals surface area contributed by atoms with E-state index in [4.69, 9.17) is 13.7 Å². The van der Waals surface area contributed by atoms with Gasteiger partial charge in [-0.25, -0.2) is 4.79 Å². The van der Waals surface area contributed by atoms with Gasteiger partial charge in [-0.15, -0.1) is 0 Å². The third-order valence-corrected chi connectivity index (χ3v) is 8.07. The van der Waals surface area contributed by atoms with E-state index in [-0.39, 0.29) is 11.0 Å². The van der Waals surface area contributed by atoms with Crippen molar-refractivity contribution >= 4 is 50.0 Å². The molecule has 0 radical (unpaired) electrons. The predicted octanol–water partition coefficient (Wildman–Crippen LogP) is 8.25. The molecular weight excluding hydrogens is 606 g/mol. The Labute approximate surface area is 252 Å². The zero-order chi connectivity index (χ0) is 30.2. The highest BCUT2D eigenvalue weighted by molar-refractivity contribution is 9.10. The van der Waals surface area contributed by atoms with E-state index in [9.17, 15) is 13.2 Å². The Kier molecular flexibility index (Phi) is 11.3. The van der Waals surface area contributed by atoms with Crippen LogP contribution in [0.25, 0.3) is 12.2 Å². The van der Waals surface area contributed by atoms with Crippen molar-refractivity contribution in [3.63, 3.8) is 0 Å². The van der Waals surface area contributed by atoms with Crippen molar-refractivity contribution in [3.05, 3.63) is 94.0 Å². The molecule has 0 aliphatic heterocycles. The van der Waals surface area contributed by atoms with Crippen molar-refractivity contribution in [1.29, 1.82) is 0 Å². The highest BCUT2D eigenvalue weighted by atomic mass is 79.9. The molecule has 0 N–H and O–H groups in total. The highest BCUT2D eigenvalue weighted by Crippen LogP contribution is 2.22. The summed E-state index contributed by atoms with van der Waals surface area (Å²) in [6.07, 6.45) is 3.40. The molecule has 2 unspecified atom stereocenters. The Bertz CT molecular complexity index is 1410. The molecule has 0 saturated carbocycles. The van der Waals surface area contributed by atoms with E-state index >= 15 is 0 Å². The van der Waals surface area contributed by atoms with E-state index < -0.39 is 27.9 Å². The zero-order valence-electron chi connectivity index (χ0n) is 24.3. The molecule has 3 aromatic carbocycles. The van der Waals surface area contributed by atoms with Gasteiger partial charge in [-0.1, -0.05) is 64.5 Å². The summed E-state index contributed by atoms with van der Waals surface area (Å²) in [7, 11) is -2.14. The average Bonchev–Trinajstić information content (AvgIpc) is 2.91. The monoisotopic (exact) mass is 643 g/mol. The van der Waals surface area contributed by atoms with Crippen LogP contribution in [0.3, 0.4) is 0 Å². The normalized spacial score (nSPS) is 13.6. The summed E-state index contributed by atoms with van der Waals surface area (Å²) in [6, 6.07) is 22.1. The van der Waals surface area contributed by atoms with Crippen LogP contribution in [0.15, 0.2) is 82.2 Å². The molecule has 0 saturated heterocycles. The van der Waals surface area contributed by atoms with Crippen LogP contribution in [0.5, 0.6) is 0 Å². The van der Waals surface area contributed by atoms with Gasteiger partial charge in [-0.2, -0.15) is 8.42 Å².